The van der Waals surface area contributed by atoms with Gasteiger partial charge in [0.1, 0.15) is 5.52 Å². The molecule has 5 nitrogen and oxygen atoms in total. The first kappa shape index (κ1) is 11.3. The Morgan fingerprint density at radius 1 is 1.50 bits per heavy atom. The van der Waals surface area contributed by atoms with E-state index in [4.69, 9.17) is 14.9 Å². The van der Waals surface area contributed by atoms with E-state index in [2.05, 4.69) is 17.2 Å². The van der Waals surface area contributed by atoms with Gasteiger partial charge in [0, 0.05) is 19.1 Å². The van der Waals surface area contributed by atoms with Crippen LogP contribution < -0.4 is 11.1 Å². The average Bonchev–Trinajstić information content (AvgIpc) is 2.93. The van der Waals surface area contributed by atoms with Crippen molar-refractivity contribution in [3.8, 4) is 0 Å². The van der Waals surface area contributed by atoms with Crippen LogP contribution in [0.1, 0.15) is 13.3 Å². The Bertz CT molecular complexity index is 552. The van der Waals surface area contributed by atoms with E-state index in [0.29, 0.717) is 29.3 Å². The highest BCUT2D eigenvalue weighted by atomic mass is 16.5. The summed E-state index contributed by atoms with van der Waals surface area (Å²) in [6.07, 6.45) is 1.38. The Morgan fingerprint density at radius 3 is 3.11 bits per heavy atom. The molecule has 1 aromatic carbocycles. The summed E-state index contributed by atoms with van der Waals surface area (Å²) in [7, 11) is 0. The van der Waals surface area contributed by atoms with Crippen molar-refractivity contribution in [2.75, 3.05) is 24.2 Å². The highest BCUT2D eigenvalue weighted by molar-refractivity contribution is 5.86. The van der Waals surface area contributed by atoms with Gasteiger partial charge in [0.2, 0.25) is 0 Å². The van der Waals surface area contributed by atoms with Gasteiger partial charge in [-0.15, -0.1) is 0 Å². The topological polar surface area (TPSA) is 73.3 Å². The lowest BCUT2D eigenvalue weighted by atomic mass is 10.0. The predicted molar refractivity (Wildman–Crippen MR) is 70.4 cm³/mol. The van der Waals surface area contributed by atoms with Crippen LogP contribution >= 0.6 is 0 Å². The zero-order valence-corrected chi connectivity index (χ0v) is 10.3. The number of ether oxygens (including phenoxy) is 1. The van der Waals surface area contributed by atoms with E-state index in [9.17, 15) is 0 Å². The Morgan fingerprint density at radius 2 is 2.39 bits per heavy atom. The fourth-order valence-corrected chi connectivity index (χ4v) is 2.31. The summed E-state index contributed by atoms with van der Waals surface area (Å²) in [4.78, 5) is 4.35. The minimum absolute atomic E-state index is 0.298. The lowest BCUT2D eigenvalue weighted by molar-refractivity contribution is 0.108. The number of nitrogens with two attached hydrogens (primary N) is 1. The fraction of sp³-hybridized carbons (Fsp3) is 0.462. The van der Waals surface area contributed by atoms with E-state index in [1.807, 2.05) is 18.2 Å². The number of nitrogens with zero attached hydrogens (tertiary/aromatic N) is 1. The smallest absolute Gasteiger partial charge is 0.295 e. The Kier molecular flexibility index (Phi) is 2.83. The molecule has 0 spiro atoms. The summed E-state index contributed by atoms with van der Waals surface area (Å²) >= 11 is 0. The van der Waals surface area contributed by atoms with Gasteiger partial charge < -0.3 is 20.2 Å². The van der Waals surface area contributed by atoms with Gasteiger partial charge >= 0.3 is 0 Å². The summed E-state index contributed by atoms with van der Waals surface area (Å²) < 4.78 is 11.1. The van der Waals surface area contributed by atoms with Crippen LogP contribution in [0.5, 0.6) is 0 Å². The van der Waals surface area contributed by atoms with E-state index >= 15 is 0 Å². The molecule has 1 aromatic heterocycles. The number of fused-ring (bicyclic) bond motifs is 1. The summed E-state index contributed by atoms with van der Waals surface area (Å²) in [5, 5.41) is 3.22. The first-order valence-electron chi connectivity index (χ1n) is 6.24. The van der Waals surface area contributed by atoms with Crippen molar-refractivity contribution in [1.82, 2.24) is 4.98 Å². The lowest BCUT2D eigenvalue weighted by Gasteiger charge is -2.13. The summed E-state index contributed by atoms with van der Waals surface area (Å²) in [5.41, 5.74) is 7.91. The van der Waals surface area contributed by atoms with E-state index in [-0.39, 0.29) is 0 Å². The molecule has 2 heterocycles. The van der Waals surface area contributed by atoms with Crippen LogP contribution in [-0.4, -0.2) is 24.2 Å². The van der Waals surface area contributed by atoms with Gasteiger partial charge in [0.15, 0.2) is 5.58 Å². The minimum atomic E-state index is 0.298. The fourth-order valence-electron chi connectivity index (χ4n) is 2.31. The van der Waals surface area contributed by atoms with Gasteiger partial charge in [-0.25, -0.2) is 0 Å². The highest BCUT2D eigenvalue weighted by Crippen LogP contribution is 2.25. The molecule has 0 bridgehead atoms. The van der Waals surface area contributed by atoms with Crippen LogP contribution in [0.2, 0.25) is 0 Å². The third-order valence-corrected chi connectivity index (χ3v) is 3.50. The molecule has 1 aliphatic rings. The van der Waals surface area contributed by atoms with Crippen molar-refractivity contribution in [2.24, 2.45) is 5.92 Å². The van der Waals surface area contributed by atoms with Crippen molar-refractivity contribution < 1.29 is 9.15 Å². The number of nitrogen functional groups attached to an aromatic ring is 1. The van der Waals surface area contributed by atoms with Crippen LogP contribution in [0.3, 0.4) is 0 Å². The molecule has 0 radical (unpaired) electrons. The number of para-hydroxylation sites is 1. The lowest BCUT2D eigenvalue weighted by Crippen LogP contribution is -2.20. The maximum atomic E-state index is 5.84. The zero-order valence-electron chi connectivity index (χ0n) is 10.3. The molecule has 1 aliphatic heterocycles. The molecule has 2 unspecified atom stereocenters. The normalized spacial score (nSPS) is 23.6. The molecule has 0 amide bonds. The molecule has 3 rings (SSSR count). The van der Waals surface area contributed by atoms with Crippen LogP contribution in [-0.2, 0) is 4.74 Å². The molecule has 2 aromatic rings. The van der Waals surface area contributed by atoms with Gasteiger partial charge in [0.05, 0.1) is 11.8 Å². The SMILES string of the molecule is CC1OCCC1CNc1nc2c(N)cccc2o1. The van der Waals surface area contributed by atoms with E-state index in [0.717, 1.165) is 25.1 Å². The van der Waals surface area contributed by atoms with Gasteiger partial charge in [-0.05, 0) is 25.5 Å². The molecule has 2 atom stereocenters. The Hall–Kier alpha value is -1.75. The molecule has 1 saturated heterocycles. The number of hydrogen-bond acceptors (Lipinski definition) is 5. The summed E-state index contributed by atoms with van der Waals surface area (Å²) in [6.45, 7) is 3.76. The quantitative estimate of drug-likeness (QED) is 0.814. The first-order valence-corrected chi connectivity index (χ1v) is 6.24. The van der Waals surface area contributed by atoms with Gasteiger partial charge in [-0.1, -0.05) is 6.07 Å². The molecule has 1 fully saturated rings. The number of oxazole rings is 1. The largest absolute Gasteiger partial charge is 0.423 e. The van der Waals surface area contributed by atoms with Crippen molar-refractivity contribution in [2.45, 2.75) is 19.4 Å². The number of rotatable bonds is 3. The maximum Gasteiger partial charge on any atom is 0.295 e. The Labute approximate surface area is 105 Å². The molecule has 0 saturated carbocycles. The maximum absolute atomic E-state index is 5.84. The minimum Gasteiger partial charge on any atom is -0.423 e. The van der Waals surface area contributed by atoms with Crippen LogP contribution in [0.25, 0.3) is 11.1 Å². The first-order chi connectivity index (χ1) is 8.74. The third-order valence-electron chi connectivity index (χ3n) is 3.50. The number of anilines is 2. The molecule has 3 N–H and O–H groups in total. The molecular weight excluding hydrogens is 230 g/mol. The van der Waals surface area contributed by atoms with Crippen LogP contribution in [0.15, 0.2) is 22.6 Å². The summed E-state index contributed by atoms with van der Waals surface area (Å²) in [6, 6.07) is 6.08. The molecule has 0 aliphatic carbocycles. The second-order valence-corrected chi connectivity index (χ2v) is 4.72. The number of nitrogens with one attached hydrogen (secondary N) is 1. The predicted octanol–water partition coefficient (Wildman–Crippen LogP) is 2.25. The molecule has 96 valence electrons. The van der Waals surface area contributed by atoms with Crippen LogP contribution in [0, 0.1) is 5.92 Å². The monoisotopic (exact) mass is 247 g/mol. The van der Waals surface area contributed by atoms with Crippen molar-refractivity contribution in [1.29, 1.82) is 0 Å². The number of benzene rings is 1. The molecular formula is C13H17N3O2. The summed E-state index contributed by atoms with van der Waals surface area (Å²) in [5.74, 6) is 0.511. The zero-order chi connectivity index (χ0) is 12.5. The molecule has 5 heteroatoms. The number of hydrogen-bond donors (Lipinski definition) is 2. The average molecular weight is 247 g/mol. The van der Waals surface area contributed by atoms with E-state index in [1.165, 1.54) is 0 Å². The van der Waals surface area contributed by atoms with E-state index < -0.39 is 0 Å². The number of aromatic nitrogens is 1. The van der Waals surface area contributed by atoms with E-state index in [1.54, 1.807) is 0 Å². The Balaban J connectivity index is 1.73. The van der Waals surface area contributed by atoms with Gasteiger partial charge in [0.25, 0.3) is 6.01 Å². The highest BCUT2D eigenvalue weighted by Gasteiger charge is 2.24. The second-order valence-electron chi connectivity index (χ2n) is 4.72. The van der Waals surface area contributed by atoms with Crippen molar-refractivity contribution >= 4 is 22.8 Å². The van der Waals surface area contributed by atoms with Gasteiger partial charge in [-0.3, -0.25) is 0 Å². The van der Waals surface area contributed by atoms with Crippen molar-refractivity contribution in [3.05, 3.63) is 18.2 Å². The molecule has 18 heavy (non-hydrogen) atoms. The second kappa shape index (κ2) is 4.49. The standard InChI is InChI=1S/C13H17N3O2/c1-8-9(5-6-17-8)7-15-13-16-12-10(14)3-2-4-11(12)18-13/h2-4,8-9H,5-7,14H2,1H3,(H,15,16). The van der Waals surface area contributed by atoms with Crippen molar-refractivity contribution in [3.63, 3.8) is 0 Å². The van der Waals surface area contributed by atoms with Gasteiger partial charge in [-0.2, -0.15) is 4.98 Å². The third kappa shape index (κ3) is 2.01. The van der Waals surface area contributed by atoms with Crippen LogP contribution in [0.4, 0.5) is 11.7 Å².